The first-order chi connectivity index (χ1) is 6.56. The lowest BCUT2D eigenvalue weighted by atomic mass is 9.85. The Balaban J connectivity index is 2.38. The topological polar surface area (TPSA) is 0 Å². The lowest BCUT2D eigenvalue weighted by Gasteiger charge is -2.20. The Hall–Kier alpha value is -0.200. The molecule has 1 aliphatic carbocycles. The quantitative estimate of drug-likeness (QED) is 0.690. The Kier molecular flexibility index (Phi) is 2.53. The highest BCUT2D eigenvalue weighted by molar-refractivity contribution is 6.42. The van der Waals surface area contributed by atoms with Crippen LogP contribution in [0.3, 0.4) is 0 Å². The summed E-state index contributed by atoms with van der Waals surface area (Å²) in [4.78, 5) is 0. The van der Waals surface area contributed by atoms with Gasteiger partial charge < -0.3 is 0 Å². The van der Waals surface area contributed by atoms with Crippen LogP contribution in [0.5, 0.6) is 0 Å². The summed E-state index contributed by atoms with van der Waals surface area (Å²) in [6.45, 7) is 4.55. The van der Waals surface area contributed by atoms with Crippen LogP contribution in [-0.4, -0.2) is 0 Å². The minimum atomic E-state index is 0.383. The molecule has 0 spiro atoms. The van der Waals surface area contributed by atoms with E-state index in [1.54, 1.807) is 0 Å². The molecule has 14 heavy (non-hydrogen) atoms. The summed E-state index contributed by atoms with van der Waals surface area (Å²) >= 11 is 11.9. The number of hydrogen-bond donors (Lipinski definition) is 0. The third-order valence-corrected chi connectivity index (χ3v) is 4.13. The summed E-state index contributed by atoms with van der Waals surface area (Å²) in [5.74, 6) is 0.680. The minimum absolute atomic E-state index is 0.383. The Labute approximate surface area is 95.2 Å². The van der Waals surface area contributed by atoms with Crippen LogP contribution in [0.25, 0.3) is 0 Å². The fourth-order valence-corrected chi connectivity index (χ4v) is 2.44. The van der Waals surface area contributed by atoms with Crippen molar-refractivity contribution in [1.82, 2.24) is 0 Å². The highest BCUT2D eigenvalue weighted by Crippen LogP contribution is 2.54. The average molecular weight is 229 g/mol. The summed E-state index contributed by atoms with van der Waals surface area (Å²) in [7, 11) is 0. The molecule has 2 heteroatoms. The van der Waals surface area contributed by atoms with Gasteiger partial charge in [0.05, 0.1) is 10.0 Å². The van der Waals surface area contributed by atoms with Crippen LogP contribution in [0, 0.1) is 5.92 Å². The molecule has 0 saturated heterocycles. The summed E-state index contributed by atoms with van der Waals surface area (Å²) in [6.07, 6.45) is 2.56. The first-order valence-electron chi connectivity index (χ1n) is 5.02. The van der Waals surface area contributed by atoms with Crippen LogP contribution in [0.4, 0.5) is 0 Å². The first kappa shape index (κ1) is 10.3. The van der Waals surface area contributed by atoms with E-state index in [1.807, 2.05) is 12.1 Å². The van der Waals surface area contributed by atoms with Crippen LogP contribution in [0.2, 0.25) is 10.0 Å². The van der Waals surface area contributed by atoms with E-state index in [4.69, 9.17) is 23.2 Å². The Morgan fingerprint density at radius 2 is 1.79 bits per heavy atom. The molecule has 1 fully saturated rings. The molecule has 0 unspecified atom stereocenters. The second kappa shape index (κ2) is 3.43. The van der Waals surface area contributed by atoms with Crippen molar-refractivity contribution in [3.8, 4) is 0 Å². The zero-order chi connectivity index (χ0) is 10.3. The fourth-order valence-electron chi connectivity index (χ4n) is 2.14. The number of benzene rings is 1. The highest BCUT2D eigenvalue weighted by Gasteiger charge is 2.46. The molecule has 0 atom stereocenters. The molecule has 0 aromatic heterocycles. The molecule has 2 rings (SSSR count). The predicted octanol–water partition coefficient (Wildman–Crippen LogP) is 4.68. The van der Waals surface area contributed by atoms with Gasteiger partial charge in [-0.05, 0) is 41.9 Å². The predicted molar refractivity (Wildman–Crippen MR) is 62.2 cm³/mol. The molecular weight excluding hydrogens is 215 g/mol. The number of hydrogen-bond acceptors (Lipinski definition) is 0. The minimum Gasteiger partial charge on any atom is -0.0827 e. The zero-order valence-corrected chi connectivity index (χ0v) is 9.99. The van der Waals surface area contributed by atoms with Crippen LogP contribution in [-0.2, 0) is 5.41 Å². The van der Waals surface area contributed by atoms with E-state index < -0.39 is 0 Å². The van der Waals surface area contributed by atoms with E-state index in [9.17, 15) is 0 Å². The van der Waals surface area contributed by atoms with Gasteiger partial charge in [-0.25, -0.2) is 0 Å². The van der Waals surface area contributed by atoms with Gasteiger partial charge in [-0.15, -0.1) is 0 Å². The largest absolute Gasteiger partial charge is 0.0827 e. The molecular formula is C12H14Cl2. The summed E-state index contributed by atoms with van der Waals surface area (Å²) in [5, 5.41) is 1.33. The molecule has 0 N–H and O–H groups in total. The van der Waals surface area contributed by atoms with E-state index >= 15 is 0 Å². The summed E-state index contributed by atoms with van der Waals surface area (Å²) in [6, 6.07) is 6.04. The smallest absolute Gasteiger partial charge is 0.0595 e. The van der Waals surface area contributed by atoms with Crippen molar-refractivity contribution in [1.29, 1.82) is 0 Å². The standard InChI is InChI=1S/C12H14Cl2/c1-8(2)12(5-6-12)9-3-4-10(13)11(14)7-9/h3-4,7-8H,5-6H2,1-2H3. The van der Waals surface area contributed by atoms with E-state index in [0.29, 0.717) is 21.4 Å². The Morgan fingerprint density at radius 1 is 1.14 bits per heavy atom. The van der Waals surface area contributed by atoms with Crippen molar-refractivity contribution in [3.05, 3.63) is 33.8 Å². The van der Waals surface area contributed by atoms with Crippen molar-refractivity contribution < 1.29 is 0 Å². The lowest BCUT2D eigenvalue weighted by Crippen LogP contribution is -2.14. The van der Waals surface area contributed by atoms with Gasteiger partial charge in [0.1, 0.15) is 0 Å². The highest BCUT2D eigenvalue weighted by atomic mass is 35.5. The van der Waals surface area contributed by atoms with Gasteiger partial charge in [-0.1, -0.05) is 43.1 Å². The molecule has 0 heterocycles. The van der Waals surface area contributed by atoms with Crippen molar-refractivity contribution in [2.24, 2.45) is 5.92 Å². The van der Waals surface area contributed by atoms with Crippen molar-refractivity contribution in [2.45, 2.75) is 32.1 Å². The van der Waals surface area contributed by atoms with Crippen molar-refractivity contribution in [2.75, 3.05) is 0 Å². The Morgan fingerprint density at radius 3 is 2.21 bits per heavy atom. The maximum Gasteiger partial charge on any atom is 0.0595 e. The molecule has 76 valence electrons. The SMILES string of the molecule is CC(C)C1(c2ccc(Cl)c(Cl)c2)CC1. The van der Waals surface area contributed by atoms with Gasteiger partial charge in [-0.2, -0.15) is 0 Å². The zero-order valence-electron chi connectivity index (χ0n) is 8.48. The van der Waals surface area contributed by atoms with Gasteiger partial charge in [0, 0.05) is 0 Å². The monoisotopic (exact) mass is 228 g/mol. The molecule has 1 aliphatic rings. The van der Waals surface area contributed by atoms with E-state index in [0.717, 1.165) is 0 Å². The first-order valence-corrected chi connectivity index (χ1v) is 5.77. The van der Waals surface area contributed by atoms with E-state index in [-0.39, 0.29) is 0 Å². The van der Waals surface area contributed by atoms with Gasteiger partial charge in [0.25, 0.3) is 0 Å². The van der Waals surface area contributed by atoms with E-state index in [2.05, 4.69) is 19.9 Å². The number of halogens is 2. The van der Waals surface area contributed by atoms with Gasteiger partial charge in [-0.3, -0.25) is 0 Å². The van der Waals surface area contributed by atoms with Crippen molar-refractivity contribution in [3.63, 3.8) is 0 Å². The summed E-state index contributed by atoms with van der Waals surface area (Å²) in [5.41, 5.74) is 1.73. The third kappa shape index (κ3) is 1.55. The second-order valence-corrected chi connectivity index (χ2v) is 5.25. The Bertz CT molecular complexity index is 351. The molecule has 0 bridgehead atoms. The molecule has 0 radical (unpaired) electrons. The second-order valence-electron chi connectivity index (χ2n) is 4.44. The van der Waals surface area contributed by atoms with Crippen LogP contribution >= 0.6 is 23.2 Å². The normalized spacial score (nSPS) is 18.6. The van der Waals surface area contributed by atoms with Crippen LogP contribution < -0.4 is 0 Å². The molecule has 0 amide bonds. The maximum absolute atomic E-state index is 6.02. The van der Waals surface area contributed by atoms with Crippen molar-refractivity contribution >= 4 is 23.2 Å². The molecule has 1 aromatic rings. The molecule has 0 aliphatic heterocycles. The maximum atomic E-state index is 6.02. The van der Waals surface area contributed by atoms with Crippen LogP contribution in [0.1, 0.15) is 32.3 Å². The molecule has 1 aromatic carbocycles. The fraction of sp³-hybridized carbons (Fsp3) is 0.500. The lowest BCUT2D eigenvalue weighted by molar-refractivity contribution is 0.481. The van der Waals surface area contributed by atoms with Gasteiger partial charge in [0.2, 0.25) is 0 Å². The molecule has 1 saturated carbocycles. The third-order valence-electron chi connectivity index (χ3n) is 3.39. The average Bonchev–Trinajstić information content (AvgIpc) is 2.90. The summed E-state index contributed by atoms with van der Waals surface area (Å²) < 4.78 is 0. The van der Waals surface area contributed by atoms with Gasteiger partial charge >= 0.3 is 0 Å². The van der Waals surface area contributed by atoms with E-state index in [1.165, 1.54) is 18.4 Å². The van der Waals surface area contributed by atoms with Crippen LogP contribution in [0.15, 0.2) is 18.2 Å². The molecule has 0 nitrogen and oxygen atoms in total. The van der Waals surface area contributed by atoms with Gasteiger partial charge in [0.15, 0.2) is 0 Å². The number of rotatable bonds is 2.